The summed E-state index contributed by atoms with van der Waals surface area (Å²) in [5, 5.41) is 0. The lowest BCUT2D eigenvalue weighted by Gasteiger charge is -2.03. The Hall–Kier alpha value is -1.36. The van der Waals surface area contributed by atoms with Gasteiger partial charge in [-0.3, -0.25) is 4.79 Å². The van der Waals surface area contributed by atoms with Gasteiger partial charge in [-0.05, 0) is 18.6 Å². The fourth-order valence-electron chi connectivity index (χ4n) is 1.25. The molecule has 1 aromatic rings. The van der Waals surface area contributed by atoms with Gasteiger partial charge in [0.2, 0.25) is 0 Å². The molecule has 0 spiro atoms. The maximum absolute atomic E-state index is 13.2. The van der Waals surface area contributed by atoms with Crippen LogP contribution >= 0.6 is 0 Å². The van der Waals surface area contributed by atoms with Crippen molar-refractivity contribution in [2.75, 3.05) is 13.7 Å². The van der Waals surface area contributed by atoms with Crippen LogP contribution in [0.5, 0.6) is 0 Å². The molecular formula is C11H11F3O2. The number of Topliss-reactive ketones (excluding diaryl/α,β-unsaturated/α-hetero) is 1. The molecule has 0 atom stereocenters. The van der Waals surface area contributed by atoms with Gasteiger partial charge in [0.05, 0.1) is 5.56 Å². The van der Waals surface area contributed by atoms with E-state index in [-0.39, 0.29) is 6.42 Å². The highest BCUT2D eigenvalue weighted by Crippen LogP contribution is 2.17. The van der Waals surface area contributed by atoms with E-state index in [4.69, 9.17) is 4.74 Å². The first-order chi connectivity index (χ1) is 7.57. The van der Waals surface area contributed by atoms with E-state index in [0.717, 1.165) is 12.1 Å². The zero-order valence-electron chi connectivity index (χ0n) is 8.73. The molecule has 0 N–H and O–H groups in total. The monoisotopic (exact) mass is 232 g/mol. The third-order valence-electron chi connectivity index (χ3n) is 2.09. The number of rotatable bonds is 5. The van der Waals surface area contributed by atoms with Crippen LogP contribution < -0.4 is 0 Å². The van der Waals surface area contributed by atoms with E-state index in [0.29, 0.717) is 13.0 Å². The van der Waals surface area contributed by atoms with Crippen LogP contribution in [0.3, 0.4) is 0 Å². The smallest absolute Gasteiger partial charge is 0.195 e. The number of halogens is 3. The quantitative estimate of drug-likeness (QED) is 0.443. The Balaban J connectivity index is 2.80. The van der Waals surface area contributed by atoms with Gasteiger partial charge in [-0.1, -0.05) is 0 Å². The highest BCUT2D eigenvalue weighted by Gasteiger charge is 2.18. The number of methoxy groups -OCH3 is 1. The van der Waals surface area contributed by atoms with Gasteiger partial charge >= 0.3 is 0 Å². The molecule has 0 fully saturated rings. The Labute approximate surface area is 91.0 Å². The van der Waals surface area contributed by atoms with E-state index in [9.17, 15) is 18.0 Å². The summed E-state index contributed by atoms with van der Waals surface area (Å²) in [6.07, 6.45) is 0.448. The minimum absolute atomic E-state index is 0.0375. The highest BCUT2D eigenvalue weighted by atomic mass is 19.2. The summed E-state index contributed by atoms with van der Waals surface area (Å²) in [6.45, 7) is 0.358. The molecule has 0 saturated carbocycles. The second-order valence-electron chi connectivity index (χ2n) is 3.24. The SMILES string of the molecule is COCCCC(=O)c1ccc(F)c(F)c1F. The fraction of sp³-hybridized carbons (Fsp3) is 0.364. The van der Waals surface area contributed by atoms with Crippen molar-refractivity contribution in [1.29, 1.82) is 0 Å². The summed E-state index contributed by atoms with van der Waals surface area (Å²) < 4.78 is 43.3. The lowest BCUT2D eigenvalue weighted by atomic mass is 10.1. The molecule has 0 bridgehead atoms. The predicted molar refractivity (Wildman–Crippen MR) is 51.8 cm³/mol. The van der Waals surface area contributed by atoms with Crippen LogP contribution in [0.1, 0.15) is 23.2 Å². The number of carbonyl (C=O) groups is 1. The zero-order valence-corrected chi connectivity index (χ0v) is 8.73. The number of benzene rings is 1. The molecule has 0 heterocycles. The van der Waals surface area contributed by atoms with Crippen LogP contribution in [0.25, 0.3) is 0 Å². The van der Waals surface area contributed by atoms with E-state index in [2.05, 4.69) is 0 Å². The second kappa shape index (κ2) is 5.65. The summed E-state index contributed by atoms with van der Waals surface area (Å²) in [6, 6.07) is 1.69. The van der Waals surface area contributed by atoms with Crippen LogP contribution in [0.2, 0.25) is 0 Å². The molecule has 0 aliphatic carbocycles. The first kappa shape index (κ1) is 12.7. The maximum Gasteiger partial charge on any atom is 0.195 e. The predicted octanol–water partition coefficient (Wildman–Crippen LogP) is 2.71. The Morgan fingerprint density at radius 3 is 2.56 bits per heavy atom. The van der Waals surface area contributed by atoms with E-state index in [1.807, 2.05) is 0 Å². The molecule has 1 rings (SSSR count). The summed E-state index contributed by atoms with van der Waals surface area (Å²) in [5.74, 6) is -4.90. The average Bonchev–Trinajstić information content (AvgIpc) is 2.26. The van der Waals surface area contributed by atoms with Crippen molar-refractivity contribution in [3.8, 4) is 0 Å². The molecule has 2 nitrogen and oxygen atoms in total. The first-order valence-corrected chi connectivity index (χ1v) is 4.73. The topological polar surface area (TPSA) is 26.3 Å². The Morgan fingerprint density at radius 2 is 1.94 bits per heavy atom. The van der Waals surface area contributed by atoms with E-state index < -0.39 is 28.8 Å². The molecule has 0 saturated heterocycles. The lowest BCUT2D eigenvalue weighted by Crippen LogP contribution is -2.06. The van der Waals surface area contributed by atoms with Gasteiger partial charge in [-0.25, -0.2) is 13.2 Å². The minimum Gasteiger partial charge on any atom is -0.385 e. The Morgan fingerprint density at radius 1 is 1.25 bits per heavy atom. The van der Waals surface area contributed by atoms with E-state index >= 15 is 0 Å². The van der Waals surface area contributed by atoms with E-state index in [1.54, 1.807) is 0 Å². The number of hydrogen-bond donors (Lipinski definition) is 0. The molecule has 0 amide bonds. The Kier molecular flexibility index (Phi) is 4.49. The fourth-order valence-corrected chi connectivity index (χ4v) is 1.25. The van der Waals surface area contributed by atoms with E-state index in [1.165, 1.54) is 7.11 Å². The molecule has 88 valence electrons. The standard InChI is InChI=1S/C11H11F3O2/c1-16-6-2-3-9(15)7-4-5-8(12)11(14)10(7)13/h4-5H,2-3,6H2,1H3. The largest absolute Gasteiger partial charge is 0.385 e. The third kappa shape index (κ3) is 2.82. The number of ketones is 1. The minimum atomic E-state index is -1.61. The third-order valence-corrected chi connectivity index (χ3v) is 2.09. The molecule has 1 aromatic carbocycles. The van der Waals surface area contributed by atoms with Gasteiger partial charge in [0, 0.05) is 20.1 Å². The molecule has 0 unspecified atom stereocenters. The summed E-state index contributed by atoms with van der Waals surface area (Å²) >= 11 is 0. The van der Waals surface area contributed by atoms with Crippen molar-refractivity contribution in [2.45, 2.75) is 12.8 Å². The van der Waals surface area contributed by atoms with Crippen molar-refractivity contribution < 1.29 is 22.7 Å². The summed E-state index contributed by atoms with van der Waals surface area (Å²) in [7, 11) is 1.47. The lowest BCUT2D eigenvalue weighted by molar-refractivity contribution is 0.0958. The molecule has 0 aromatic heterocycles. The van der Waals surface area contributed by atoms with Gasteiger partial charge < -0.3 is 4.74 Å². The van der Waals surface area contributed by atoms with Crippen molar-refractivity contribution >= 4 is 5.78 Å². The maximum atomic E-state index is 13.2. The number of ether oxygens (including phenoxy) is 1. The van der Waals surface area contributed by atoms with Crippen molar-refractivity contribution in [3.05, 3.63) is 35.1 Å². The molecule has 16 heavy (non-hydrogen) atoms. The molecular weight excluding hydrogens is 221 g/mol. The summed E-state index contributed by atoms with van der Waals surface area (Å²) in [4.78, 5) is 11.4. The summed E-state index contributed by atoms with van der Waals surface area (Å²) in [5.41, 5.74) is -0.421. The molecule has 0 aliphatic rings. The van der Waals surface area contributed by atoms with Crippen molar-refractivity contribution in [3.63, 3.8) is 0 Å². The highest BCUT2D eigenvalue weighted by molar-refractivity contribution is 5.96. The van der Waals surface area contributed by atoms with Crippen LogP contribution in [0.4, 0.5) is 13.2 Å². The number of carbonyl (C=O) groups excluding carboxylic acids is 1. The molecule has 0 aliphatic heterocycles. The number of hydrogen-bond acceptors (Lipinski definition) is 2. The van der Waals surface area contributed by atoms with Crippen LogP contribution in [-0.2, 0) is 4.74 Å². The van der Waals surface area contributed by atoms with Gasteiger partial charge in [0.25, 0.3) is 0 Å². The Bertz CT molecular complexity index is 391. The van der Waals surface area contributed by atoms with Gasteiger partial charge in [-0.2, -0.15) is 0 Å². The van der Waals surface area contributed by atoms with Crippen molar-refractivity contribution in [2.24, 2.45) is 0 Å². The van der Waals surface area contributed by atoms with Gasteiger partial charge in [0.1, 0.15) is 0 Å². The van der Waals surface area contributed by atoms with Gasteiger partial charge in [-0.15, -0.1) is 0 Å². The normalized spacial score (nSPS) is 10.5. The molecule has 5 heteroatoms. The van der Waals surface area contributed by atoms with Crippen molar-refractivity contribution in [1.82, 2.24) is 0 Å². The second-order valence-corrected chi connectivity index (χ2v) is 3.24. The van der Waals surface area contributed by atoms with Crippen LogP contribution in [0, 0.1) is 17.5 Å². The van der Waals surface area contributed by atoms with Crippen LogP contribution in [0.15, 0.2) is 12.1 Å². The zero-order chi connectivity index (χ0) is 12.1. The van der Waals surface area contributed by atoms with Crippen LogP contribution in [-0.4, -0.2) is 19.5 Å². The first-order valence-electron chi connectivity index (χ1n) is 4.73. The average molecular weight is 232 g/mol. The van der Waals surface area contributed by atoms with Gasteiger partial charge in [0.15, 0.2) is 23.2 Å². The molecule has 0 radical (unpaired) electrons.